The van der Waals surface area contributed by atoms with Gasteiger partial charge in [0.25, 0.3) is 5.91 Å². The average molecular weight is 447 g/mol. The van der Waals surface area contributed by atoms with E-state index in [4.69, 9.17) is 10.5 Å². The first kappa shape index (κ1) is 22.6. The first-order valence-corrected chi connectivity index (χ1v) is 10.8. The van der Waals surface area contributed by atoms with E-state index >= 15 is 0 Å². The molecule has 31 heavy (non-hydrogen) atoms. The van der Waals surface area contributed by atoms with Gasteiger partial charge in [-0.15, -0.1) is 11.3 Å². The molecule has 0 saturated carbocycles. The van der Waals surface area contributed by atoms with Crippen LogP contribution in [-0.4, -0.2) is 67.1 Å². The molecular weight excluding hydrogens is 420 g/mol. The van der Waals surface area contributed by atoms with E-state index in [1.807, 2.05) is 17.0 Å². The second-order valence-corrected chi connectivity index (χ2v) is 8.19. The number of amides is 2. The molecule has 4 N–H and O–H groups in total. The summed E-state index contributed by atoms with van der Waals surface area (Å²) in [5, 5.41) is 12.5. The highest BCUT2D eigenvalue weighted by atomic mass is 32.1. The van der Waals surface area contributed by atoms with E-state index in [0.717, 1.165) is 30.1 Å². The Labute approximate surface area is 184 Å². The van der Waals surface area contributed by atoms with Crippen molar-refractivity contribution in [1.82, 2.24) is 4.90 Å². The number of aromatic hydroxyl groups is 1. The maximum Gasteiger partial charge on any atom is 0.341 e. The lowest BCUT2D eigenvalue weighted by atomic mass is 10.1. The molecule has 1 aliphatic heterocycles. The molecule has 0 bridgehead atoms. The molecule has 9 nitrogen and oxygen atoms in total. The van der Waals surface area contributed by atoms with E-state index < -0.39 is 11.9 Å². The summed E-state index contributed by atoms with van der Waals surface area (Å²) >= 11 is 0.983. The highest BCUT2D eigenvalue weighted by Crippen LogP contribution is 2.33. The number of nitrogens with zero attached hydrogens (tertiary/aromatic N) is 2. The fourth-order valence-corrected chi connectivity index (χ4v) is 4.55. The largest absolute Gasteiger partial charge is 0.508 e. The Balaban J connectivity index is 1.62. The van der Waals surface area contributed by atoms with E-state index in [0.29, 0.717) is 18.7 Å². The van der Waals surface area contributed by atoms with Gasteiger partial charge < -0.3 is 25.8 Å². The second kappa shape index (κ2) is 9.80. The van der Waals surface area contributed by atoms with Crippen molar-refractivity contribution in [2.75, 3.05) is 49.5 Å². The summed E-state index contributed by atoms with van der Waals surface area (Å²) in [5.41, 5.74) is 7.01. The third-order valence-electron chi connectivity index (χ3n) is 5.06. The Morgan fingerprint density at radius 3 is 2.39 bits per heavy atom. The van der Waals surface area contributed by atoms with Crippen molar-refractivity contribution < 1.29 is 24.2 Å². The van der Waals surface area contributed by atoms with Crippen LogP contribution in [-0.2, 0) is 9.53 Å². The van der Waals surface area contributed by atoms with Crippen LogP contribution in [0.1, 0.15) is 32.5 Å². The monoisotopic (exact) mass is 446 g/mol. The quantitative estimate of drug-likeness (QED) is 0.554. The first-order chi connectivity index (χ1) is 14.8. The minimum absolute atomic E-state index is 0.161. The fraction of sp³-hybridized carbons (Fsp3) is 0.381. The number of piperazine rings is 1. The molecule has 3 rings (SSSR count). The number of ether oxygens (including phenoxy) is 1. The maximum atomic E-state index is 12.6. The predicted octanol–water partition coefficient (Wildman–Crippen LogP) is 1.80. The van der Waals surface area contributed by atoms with Gasteiger partial charge in [-0.25, -0.2) is 4.79 Å². The summed E-state index contributed by atoms with van der Waals surface area (Å²) in [6.07, 6.45) is 0. The van der Waals surface area contributed by atoms with Crippen molar-refractivity contribution in [1.29, 1.82) is 0 Å². The van der Waals surface area contributed by atoms with E-state index in [9.17, 15) is 19.5 Å². The number of phenolic OH excluding ortho intramolecular Hbond substituents is 1. The number of carbonyl (C=O) groups is 3. The molecule has 0 spiro atoms. The van der Waals surface area contributed by atoms with Crippen molar-refractivity contribution >= 4 is 39.8 Å². The van der Waals surface area contributed by atoms with E-state index in [1.165, 1.54) is 0 Å². The number of esters is 1. The van der Waals surface area contributed by atoms with Gasteiger partial charge in [-0.2, -0.15) is 0 Å². The Morgan fingerprint density at radius 1 is 1.16 bits per heavy atom. The summed E-state index contributed by atoms with van der Waals surface area (Å²) < 4.78 is 5.07. The number of carbonyl (C=O) groups excluding carboxylic acids is 3. The number of anilines is 2. The van der Waals surface area contributed by atoms with Crippen molar-refractivity contribution in [2.45, 2.75) is 13.8 Å². The molecule has 0 unspecified atom stereocenters. The van der Waals surface area contributed by atoms with Gasteiger partial charge >= 0.3 is 5.97 Å². The lowest BCUT2D eigenvalue weighted by Crippen LogP contribution is -2.48. The Morgan fingerprint density at radius 2 is 1.81 bits per heavy atom. The predicted molar refractivity (Wildman–Crippen MR) is 119 cm³/mol. The molecule has 1 aromatic carbocycles. The van der Waals surface area contributed by atoms with Crippen molar-refractivity contribution in [3.05, 3.63) is 40.3 Å². The van der Waals surface area contributed by atoms with Crippen LogP contribution < -0.4 is 16.0 Å². The molecular formula is C21H26N4O5S. The molecule has 0 atom stereocenters. The van der Waals surface area contributed by atoms with E-state index in [-0.39, 0.29) is 40.3 Å². The molecule has 1 aromatic heterocycles. The lowest BCUT2D eigenvalue weighted by Gasteiger charge is -2.35. The molecule has 1 saturated heterocycles. The molecule has 1 fully saturated rings. The van der Waals surface area contributed by atoms with Gasteiger partial charge in [0.05, 0.1) is 23.6 Å². The molecule has 0 aliphatic carbocycles. The standard InChI is InChI=1S/C21H26N4O5S/c1-3-30-21(29)17-13(2)18(19(22)28)31-20(17)23-16(27)12-24-8-10-25(11-9-24)14-4-6-15(26)7-5-14/h4-7,26H,3,8-12H2,1-2H3,(H2,22,28)(H,23,27). The number of benzene rings is 1. The van der Waals surface area contributed by atoms with Crippen LogP contribution in [0.3, 0.4) is 0 Å². The van der Waals surface area contributed by atoms with Crippen LogP contribution in [0.4, 0.5) is 10.7 Å². The molecule has 0 radical (unpaired) electrons. The van der Waals surface area contributed by atoms with Gasteiger partial charge in [-0.1, -0.05) is 0 Å². The highest BCUT2D eigenvalue weighted by Gasteiger charge is 2.26. The summed E-state index contributed by atoms with van der Waals surface area (Å²) in [4.78, 5) is 41.1. The van der Waals surface area contributed by atoms with Gasteiger partial charge in [-0.05, 0) is 43.7 Å². The topological polar surface area (TPSA) is 125 Å². The summed E-state index contributed by atoms with van der Waals surface area (Å²) in [5.74, 6) is -1.30. The number of rotatable bonds is 7. The number of hydrogen-bond acceptors (Lipinski definition) is 8. The normalized spacial score (nSPS) is 14.3. The Kier molecular flexibility index (Phi) is 7.13. The molecule has 10 heteroatoms. The molecule has 2 aromatic rings. The fourth-order valence-electron chi connectivity index (χ4n) is 3.48. The van der Waals surface area contributed by atoms with Crippen LogP contribution in [0.5, 0.6) is 5.75 Å². The van der Waals surface area contributed by atoms with Gasteiger partial charge in [-0.3, -0.25) is 14.5 Å². The lowest BCUT2D eigenvalue weighted by molar-refractivity contribution is -0.117. The summed E-state index contributed by atoms with van der Waals surface area (Å²) in [7, 11) is 0. The SMILES string of the molecule is CCOC(=O)c1c(NC(=O)CN2CCN(c3ccc(O)cc3)CC2)sc(C(N)=O)c1C. The van der Waals surface area contributed by atoms with Crippen molar-refractivity contribution in [3.8, 4) is 5.75 Å². The zero-order valence-corrected chi connectivity index (χ0v) is 18.3. The minimum atomic E-state index is -0.654. The smallest absolute Gasteiger partial charge is 0.341 e. The Bertz CT molecular complexity index is 965. The van der Waals surface area contributed by atoms with Gasteiger partial charge in [0.2, 0.25) is 5.91 Å². The second-order valence-electron chi connectivity index (χ2n) is 7.17. The maximum absolute atomic E-state index is 12.6. The number of nitrogens with one attached hydrogen (secondary N) is 1. The van der Waals surface area contributed by atoms with Crippen LogP contribution >= 0.6 is 11.3 Å². The number of primary amides is 1. The average Bonchev–Trinajstić information content (AvgIpc) is 3.05. The molecule has 2 amide bonds. The Hall–Kier alpha value is -3.11. The third kappa shape index (κ3) is 5.33. The van der Waals surface area contributed by atoms with Gasteiger partial charge in [0.1, 0.15) is 10.8 Å². The van der Waals surface area contributed by atoms with E-state index in [2.05, 4.69) is 10.2 Å². The van der Waals surface area contributed by atoms with Gasteiger partial charge in [0.15, 0.2) is 0 Å². The van der Waals surface area contributed by atoms with Crippen LogP contribution in [0, 0.1) is 6.92 Å². The number of phenols is 1. The highest BCUT2D eigenvalue weighted by molar-refractivity contribution is 7.18. The van der Waals surface area contributed by atoms with Crippen molar-refractivity contribution in [2.24, 2.45) is 5.73 Å². The third-order valence-corrected chi connectivity index (χ3v) is 6.28. The van der Waals surface area contributed by atoms with Gasteiger partial charge in [0, 0.05) is 31.9 Å². The van der Waals surface area contributed by atoms with Crippen molar-refractivity contribution in [3.63, 3.8) is 0 Å². The van der Waals surface area contributed by atoms with Crippen LogP contribution in [0.25, 0.3) is 0 Å². The summed E-state index contributed by atoms with van der Waals surface area (Å²) in [6.45, 7) is 6.51. The molecule has 2 heterocycles. The van der Waals surface area contributed by atoms with E-state index in [1.54, 1.807) is 26.0 Å². The molecule has 1 aliphatic rings. The first-order valence-electron chi connectivity index (χ1n) is 9.96. The van der Waals surface area contributed by atoms with Crippen LogP contribution in [0.15, 0.2) is 24.3 Å². The minimum Gasteiger partial charge on any atom is -0.508 e. The number of hydrogen-bond donors (Lipinski definition) is 3. The zero-order valence-electron chi connectivity index (χ0n) is 17.5. The number of nitrogens with two attached hydrogens (primary N) is 1. The number of thiophene rings is 1. The zero-order chi connectivity index (χ0) is 22.5. The summed E-state index contributed by atoms with van der Waals surface area (Å²) in [6, 6.07) is 7.04. The molecule has 166 valence electrons. The van der Waals surface area contributed by atoms with Crippen LogP contribution in [0.2, 0.25) is 0 Å².